The Morgan fingerprint density at radius 3 is 2.72 bits per heavy atom. The highest BCUT2D eigenvalue weighted by Crippen LogP contribution is 2.11. The SMILES string of the molecule is CCCn1nc2n(c1=O)CCN(C(=O)C(C)C)C2. The Bertz CT molecular complexity index is 501. The number of amides is 1. The monoisotopic (exact) mass is 252 g/mol. The first-order valence-electron chi connectivity index (χ1n) is 6.50. The highest BCUT2D eigenvalue weighted by molar-refractivity contribution is 5.78. The van der Waals surface area contributed by atoms with E-state index in [1.807, 2.05) is 20.8 Å². The van der Waals surface area contributed by atoms with E-state index in [-0.39, 0.29) is 17.5 Å². The summed E-state index contributed by atoms with van der Waals surface area (Å²) in [5, 5.41) is 4.31. The van der Waals surface area contributed by atoms with Crippen molar-refractivity contribution in [1.82, 2.24) is 19.2 Å². The molecule has 1 aliphatic rings. The minimum atomic E-state index is -0.0523. The summed E-state index contributed by atoms with van der Waals surface area (Å²) < 4.78 is 3.18. The lowest BCUT2D eigenvalue weighted by atomic mass is 10.2. The molecular weight excluding hydrogens is 232 g/mol. The van der Waals surface area contributed by atoms with Crippen LogP contribution in [-0.2, 0) is 24.4 Å². The van der Waals surface area contributed by atoms with Gasteiger partial charge in [0.15, 0.2) is 5.82 Å². The van der Waals surface area contributed by atoms with E-state index in [9.17, 15) is 9.59 Å². The smallest absolute Gasteiger partial charge is 0.333 e. The summed E-state index contributed by atoms with van der Waals surface area (Å²) in [5.41, 5.74) is -0.0523. The lowest BCUT2D eigenvalue weighted by Crippen LogP contribution is -2.42. The summed E-state index contributed by atoms with van der Waals surface area (Å²) in [6.07, 6.45) is 0.880. The molecule has 0 unspecified atom stereocenters. The fourth-order valence-corrected chi connectivity index (χ4v) is 2.21. The molecule has 2 rings (SSSR count). The van der Waals surface area contributed by atoms with Crippen molar-refractivity contribution in [3.8, 4) is 0 Å². The predicted molar refractivity (Wildman–Crippen MR) is 67.0 cm³/mol. The molecule has 100 valence electrons. The molecule has 6 heteroatoms. The molecule has 1 aliphatic heterocycles. The van der Waals surface area contributed by atoms with Crippen molar-refractivity contribution in [1.29, 1.82) is 0 Å². The van der Waals surface area contributed by atoms with Crippen LogP contribution in [0.3, 0.4) is 0 Å². The third kappa shape index (κ3) is 2.19. The lowest BCUT2D eigenvalue weighted by Gasteiger charge is -2.28. The molecule has 2 heterocycles. The van der Waals surface area contributed by atoms with Crippen molar-refractivity contribution < 1.29 is 4.79 Å². The molecule has 1 aromatic rings. The van der Waals surface area contributed by atoms with Crippen LogP contribution in [0, 0.1) is 5.92 Å². The number of nitrogens with zero attached hydrogens (tertiary/aromatic N) is 4. The summed E-state index contributed by atoms with van der Waals surface area (Å²) >= 11 is 0. The first-order chi connectivity index (χ1) is 8.54. The molecule has 0 saturated carbocycles. The van der Waals surface area contributed by atoms with Gasteiger partial charge in [-0.2, -0.15) is 5.10 Å². The van der Waals surface area contributed by atoms with Crippen LogP contribution in [0.25, 0.3) is 0 Å². The van der Waals surface area contributed by atoms with Gasteiger partial charge in [0.05, 0.1) is 6.54 Å². The maximum absolute atomic E-state index is 12.0. The molecule has 0 aliphatic carbocycles. The van der Waals surface area contributed by atoms with Crippen LogP contribution in [-0.4, -0.2) is 31.7 Å². The maximum Gasteiger partial charge on any atom is 0.346 e. The van der Waals surface area contributed by atoms with Gasteiger partial charge < -0.3 is 4.90 Å². The predicted octanol–water partition coefficient (Wildman–Crippen LogP) is 0.453. The fraction of sp³-hybridized carbons (Fsp3) is 0.750. The van der Waals surface area contributed by atoms with E-state index in [1.54, 1.807) is 9.47 Å². The van der Waals surface area contributed by atoms with Gasteiger partial charge in [-0.15, -0.1) is 0 Å². The van der Waals surface area contributed by atoms with E-state index in [1.165, 1.54) is 4.68 Å². The highest BCUT2D eigenvalue weighted by atomic mass is 16.2. The second-order valence-corrected chi connectivity index (χ2v) is 4.99. The van der Waals surface area contributed by atoms with Crippen LogP contribution in [0.15, 0.2) is 4.79 Å². The summed E-state index contributed by atoms with van der Waals surface area (Å²) in [6, 6.07) is 0. The van der Waals surface area contributed by atoms with Crippen LogP contribution >= 0.6 is 0 Å². The quantitative estimate of drug-likeness (QED) is 0.785. The van der Waals surface area contributed by atoms with Crippen molar-refractivity contribution in [2.24, 2.45) is 5.92 Å². The molecule has 0 atom stereocenters. The zero-order valence-corrected chi connectivity index (χ0v) is 11.2. The van der Waals surface area contributed by atoms with Gasteiger partial charge in [-0.25, -0.2) is 9.48 Å². The van der Waals surface area contributed by atoms with Crippen molar-refractivity contribution in [2.75, 3.05) is 6.54 Å². The average molecular weight is 252 g/mol. The van der Waals surface area contributed by atoms with Crippen molar-refractivity contribution in [3.05, 3.63) is 16.3 Å². The number of carbonyl (C=O) groups is 1. The second kappa shape index (κ2) is 4.96. The van der Waals surface area contributed by atoms with Gasteiger partial charge in [0.2, 0.25) is 5.91 Å². The zero-order valence-electron chi connectivity index (χ0n) is 11.2. The fourth-order valence-electron chi connectivity index (χ4n) is 2.21. The number of carbonyl (C=O) groups excluding carboxylic acids is 1. The van der Waals surface area contributed by atoms with Gasteiger partial charge in [0, 0.05) is 25.6 Å². The maximum atomic E-state index is 12.0. The number of rotatable bonds is 3. The number of aryl methyl sites for hydroxylation is 1. The van der Waals surface area contributed by atoms with E-state index >= 15 is 0 Å². The number of aromatic nitrogens is 3. The van der Waals surface area contributed by atoms with Crippen LogP contribution in [0.4, 0.5) is 0 Å². The molecule has 0 N–H and O–H groups in total. The number of hydrogen-bond acceptors (Lipinski definition) is 3. The summed E-state index contributed by atoms with van der Waals surface area (Å²) in [5.74, 6) is 0.813. The van der Waals surface area contributed by atoms with Gasteiger partial charge in [-0.1, -0.05) is 20.8 Å². The van der Waals surface area contributed by atoms with Crippen LogP contribution in [0.5, 0.6) is 0 Å². The normalized spacial score (nSPS) is 15.0. The van der Waals surface area contributed by atoms with E-state index in [0.717, 1.165) is 6.42 Å². The van der Waals surface area contributed by atoms with Crippen molar-refractivity contribution in [3.63, 3.8) is 0 Å². The minimum absolute atomic E-state index is 0.0130. The van der Waals surface area contributed by atoms with E-state index in [4.69, 9.17) is 0 Å². The van der Waals surface area contributed by atoms with Crippen LogP contribution < -0.4 is 5.69 Å². The first kappa shape index (κ1) is 12.9. The Hall–Kier alpha value is -1.59. The molecule has 6 nitrogen and oxygen atoms in total. The number of hydrogen-bond donors (Lipinski definition) is 0. The van der Waals surface area contributed by atoms with Gasteiger partial charge in [-0.3, -0.25) is 9.36 Å². The average Bonchev–Trinajstić information content (AvgIpc) is 2.65. The molecule has 0 aromatic carbocycles. The highest BCUT2D eigenvalue weighted by Gasteiger charge is 2.25. The Morgan fingerprint density at radius 1 is 1.39 bits per heavy atom. The summed E-state index contributed by atoms with van der Waals surface area (Å²) in [7, 11) is 0. The second-order valence-electron chi connectivity index (χ2n) is 4.99. The van der Waals surface area contributed by atoms with Crippen LogP contribution in [0.2, 0.25) is 0 Å². The van der Waals surface area contributed by atoms with Gasteiger partial charge in [0.25, 0.3) is 0 Å². The third-order valence-electron chi connectivity index (χ3n) is 3.17. The largest absolute Gasteiger partial charge is 0.346 e. The zero-order chi connectivity index (χ0) is 13.3. The molecule has 1 aromatic heterocycles. The molecule has 0 bridgehead atoms. The lowest BCUT2D eigenvalue weighted by molar-refractivity contribution is -0.136. The Kier molecular flexibility index (Phi) is 3.54. The molecule has 1 amide bonds. The minimum Gasteiger partial charge on any atom is -0.333 e. The molecule has 18 heavy (non-hydrogen) atoms. The molecule has 0 fully saturated rings. The van der Waals surface area contributed by atoms with Crippen molar-refractivity contribution in [2.45, 2.75) is 46.8 Å². The molecule has 0 spiro atoms. The molecular formula is C12H20N4O2. The van der Waals surface area contributed by atoms with E-state index < -0.39 is 0 Å². The van der Waals surface area contributed by atoms with Gasteiger partial charge in [0.1, 0.15) is 0 Å². The number of fused-ring (bicyclic) bond motifs is 1. The van der Waals surface area contributed by atoms with Gasteiger partial charge in [-0.05, 0) is 6.42 Å². The van der Waals surface area contributed by atoms with Crippen LogP contribution in [0.1, 0.15) is 33.0 Å². The van der Waals surface area contributed by atoms with Crippen molar-refractivity contribution >= 4 is 5.91 Å². The Labute approximate surface area is 106 Å². The molecule has 0 saturated heterocycles. The summed E-state index contributed by atoms with van der Waals surface area (Å²) in [6.45, 7) is 8.02. The Morgan fingerprint density at radius 2 is 2.11 bits per heavy atom. The van der Waals surface area contributed by atoms with Gasteiger partial charge >= 0.3 is 5.69 Å². The molecule has 0 radical (unpaired) electrons. The summed E-state index contributed by atoms with van der Waals surface area (Å²) in [4.78, 5) is 25.7. The Balaban J connectivity index is 2.22. The van der Waals surface area contributed by atoms with E-state index in [2.05, 4.69) is 5.10 Å². The third-order valence-corrected chi connectivity index (χ3v) is 3.17. The van der Waals surface area contributed by atoms with E-state index in [0.29, 0.717) is 32.0 Å². The topological polar surface area (TPSA) is 60.1 Å². The first-order valence-corrected chi connectivity index (χ1v) is 6.50. The standard InChI is InChI=1S/C12H20N4O2/c1-4-5-16-12(18)15-7-6-14(8-10(15)13-16)11(17)9(2)3/h9H,4-8H2,1-3H3.